The van der Waals surface area contributed by atoms with E-state index in [0.29, 0.717) is 12.3 Å². The first kappa shape index (κ1) is 9.38. The topological polar surface area (TPSA) is 58.6 Å². The SMILES string of the molecule is CCNC(=O)Oc1cccc(O)c1. The van der Waals surface area contributed by atoms with E-state index in [1.54, 1.807) is 19.1 Å². The number of aromatic hydroxyl groups is 1. The maximum absolute atomic E-state index is 10.9. The Kier molecular flexibility index (Phi) is 3.14. The number of benzene rings is 1. The van der Waals surface area contributed by atoms with Crippen molar-refractivity contribution in [3.8, 4) is 11.5 Å². The highest BCUT2D eigenvalue weighted by Gasteiger charge is 2.01. The standard InChI is InChI=1S/C9H11NO3/c1-2-10-9(12)13-8-5-3-4-7(11)6-8/h3-6,11H,2H2,1H3,(H,10,12). The van der Waals surface area contributed by atoms with Gasteiger partial charge in [0.25, 0.3) is 0 Å². The van der Waals surface area contributed by atoms with Gasteiger partial charge in [-0.1, -0.05) is 6.07 Å². The summed E-state index contributed by atoms with van der Waals surface area (Å²) in [6, 6.07) is 6.07. The van der Waals surface area contributed by atoms with Crippen LogP contribution in [0.1, 0.15) is 6.92 Å². The molecule has 0 fully saturated rings. The zero-order valence-corrected chi connectivity index (χ0v) is 7.28. The second-order valence-electron chi connectivity index (χ2n) is 2.42. The second-order valence-corrected chi connectivity index (χ2v) is 2.42. The first-order chi connectivity index (χ1) is 6.22. The van der Waals surface area contributed by atoms with Crippen molar-refractivity contribution in [2.45, 2.75) is 6.92 Å². The molecule has 1 aromatic carbocycles. The summed E-state index contributed by atoms with van der Waals surface area (Å²) in [5.41, 5.74) is 0. The Hall–Kier alpha value is -1.71. The van der Waals surface area contributed by atoms with Crippen LogP contribution in [0.3, 0.4) is 0 Å². The van der Waals surface area contributed by atoms with E-state index in [2.05, 4.69) is 5.32 Å². The van der Waals surface area contributed by atoms with Gasteiger partial charge in [0.15, 0.2) is 0 Å². The van der Waals surface area contributed by atoms with Gasteiger partial charge < -0.3 is 15.2 Å². The summed E-state index contributed by atoms with van der Waals surface area (Å²) in [5.74, 6) is 0.396. The van der Waals surface area contributed by atoms with E-state index >= 15 is 0 Å². The molecule has 0 aliphatic heterocycles. The van der Waals surface area contributed by atoms with Crippen LogP contribution >= 0.6 is 0 Å². The van der Waals surface area contributed by atoms with E-state index < -0.39 is 6.09 Å². The van der Waals surface area contributed by atoms with E-state index in [-0.39, 0.29) is 5.75 Å². The van der Waals surface area contributed by atoms with Crippen LogP contribution in [-0.2, 0) is 0 Å². The zero-order chi connectivity index (χ0) is 9.68. The number of ether oxygens (including phenoxy) is 1. The highest BCUT2D eigenvalue weighted by Crippen LogP contribution is 2.17. The molecule has 70 valence electrons. The number of hydrogen-bond acceptors (Lipinski definition) is 3. The lowest BCUT2D eigenvalue weighted by Crippen LogP contribution is -2.26. The number of carbonyl (C=O) groups is 1. The van der Waals surface area contributed by atoms with Crippen molar-refractivity contribution in [2.24, 2.45) is 0 Å². The molecule has 2 N–H and O–H groups in total. The van der Waals surface area contributed by atoms with Gasteiger partial charge in [-0.3, -0.25) is 0 Å². The second kappa shape index (κ2) is 4.35. The van der Waals surface area contributed by atoms with E-state index in [9.17, 15) is 4.79 Å². The molecule has 0 spiro atoms. The minimum absolute atomic E-state index is 0.0711. The quantitative estimate of drug-likeness (QED) is 0.726. The van der Waals surface area contributed by atoms with E-state index in [1.165, 1.54) is 12.1 Å². The van der Waals surface area contributed by atoms with Crippen molar-refractivity contribution in [3.05, 3.63) is 24.3 Å². The molecule has 0 unspecified atom stereocenters. The molecule has 0 atom stereocenters. The maximum atomic E-state index is 10.9. The number of phenols is 1. The fourth-order valence-corrected chi connectivity index (χ4v) is 0.834. The lowest BCUT2D eigenvalue weighted by Gasteiger charge is -2.04. The van der Waals surface area contributed by atoms with Crippen LogP contribution in [0.2, 0.25) is 0 Å². The number of nitrogens with one attached hydrogen (secondary N) is 1. The maximum Gasteiger partial charge on any atom is 0.412 e. The molecule has 0 aromatic heterocycles. The molecule has 4 nitrogen and oxygen atoms in total. The Morgan fingerprint density at radius 1 is 1.62 bits per heavy atom. The Morgan fingerprint density at radius 3 is 3.00 bits per heavy atom. The Bertz CT molecular complexity index is 299. The summed E-state index contributed by atoms with van der Waals surface area (Å²) in [5, 5.41) is 11.5. The van der Waals surface area contributed by atoms with Gasteiger partial charge in [0.05, 0.1) is 0 Å². The van der Waals surface area contributed by atoms with Crippen molar-refractivity contribution in [1.29, 1.82) is 0 Å². The van der Waals surface area contributed by atoms with Gasteiger partial charge in [-0.2, -0.15) is 0 Å². The molecule has 0 aliphatic rings. The molecule has 0 heterocycles. The fourth-order valence-electron chi connectivity index (χ4n) is 0.834. The Labute approximate surface area is 76.1 Å². The third-order valence-corrected chi connectivity index (χ3v) is 1.35. The van der Waals surface area contributed by atoms with Crippen LogP contribution in [0.5, 0.6) is 11.5 Å². The van der Waals surface area contributed by atoms with Crippen molar-refractivity contribution in [3.63, 3.8) is 0 Å². The summed E-state index contributed by atoms with van der Waals surface area (Å²) in [6.07, 6.45) is -0.520. The number of amides is 1. The summed E-state index contributed by atoms with van der Waals surface area (Å²) >= 11 is 0. The van der Waals surface area contributed by atoms with Gasteiger partial charge in [0.1, 0.15) is 11.5 Å². The minimum Gasteiger partial charge on any atom is -0.508 e. The molecule has 1 amide bonds. The van der Waals surface area contributed by atoms with E-state index in [4.69, 9.17) is 9.84 Å². The highest BCUT2D eigenvalue weighted by atomic mass is 16.6. The molecule has 0 radical (unpaired) electrons. The molecule has 0 saturated heterocycles. The summed E-state index contributed by atoms with van der Waals surface area (Å²) in [7, 11) is 0. The summed E-state index contributed by atoms with van der Waals surface area (Å²) < 4.78 is 4.83. The smallest absolute Gasteiger partial charge is 0.412 e. The third-order valence-electron chi connectivity index (χ3n) is 1.35. The molecular formula is C9H11NO3. The molecule has 1 aromatic rings. The minimum atomic E-state index is -0.520. The molecule has 0 saturated carbocycles. The summed E-state index contributed by atoms with van der Waals surface area (Å²) in [6.45, 7) is 2.31. The number of hydrogen-bond donors (Lipinski definition) is 2. The van der Waals surface area contributed by atoms with Gasteiger partial charge in [0.2, 0.25) is 0 Å². The highest BCUT2D eigenvalue weighted by molar-refractivity contribution is 5.70. The van der Waals surface area contributed by atoms with Gasteiger partial charge in [-0.05, 0) is 19.1 Å². The Morgan fingerprint density at radius 2 is 2.38 bits per heavy atom. The number of carbonyl (C=O) groups excluding carboxylic acids is 1. The van der Waals surface area contributed by atoms with Crippen LogP contribution in [0.25, 0.3) is 0 Å². The molecule has 4 heteroatoms. The van der Waals surface area contributed by atoms with Crippen LogP contribution in [0, 0.1) is 0 Å². The van der Waals surface area contributed by atoms with Gasteiger partial charge >= 0.3 is 6.09 Å². The average Bonchev–Trinajstić information content (AvgIpc) is 2.04. The lowest BCUT2D eigenvalue weighted by atomic mass is 10.3. The first-order valence-corrected chi connectivity index (χ1v) is 3.97. The molecule has 13 heavy (non-hydrogen) atoms. The van der Waals surface area contributed by atoms with E-state index in [1.807, 2.05) is 0 Å². The molecule has 0 aliphatic carbocycles. The monoisotopic (exact) mass is 181 g/mol. The van der Waals surface area contributed by atoms with Gasteiger partial charge in [0, 0.05) is 12.6 Å². The van der Waals surface area contributed by atoms with Crippen LogP contribution < -0.4 is 10.1 Å². The van der Waals surface area contributed by atoms with Crippen molar-refractivity contribution >= 4 is 6.09 Å². The summed E-state index contributed by atoms with van der Waals surface area (Å²) in [4.78, 5) is 10.9. The molecule has 0 bridgehead atoms. The number of phenolic OH excluding ortho intramolecular Hbond substituents is 1. The van der Waals surface area contributed by atoms with Crippen molar-refractivity contribution in [2.75, 3.05) is 6.54 Å². The molecular weight excluding hydrogens is 170 g/mol. The van der Waals surface area contributed by atoms with E-state index in [0.717, 1.165) is 0 Å². The fraction of sp³-hybridized carbons (Fsp3) is 0.222. The number of rotatable bonds is 2. The van der Waals surface area contributed by atoms with Crippen molar-refractivity contribution in [1.82, 2.24) is 5.32 Å². The first-order valence-electron chi connectivity index (χ1n) is 3.97. The molecule has 1 rings (SSSR count). The average molecular weight is 181 g/mol. The largest absolute Gasteiger partial charge is 0.508 e. The van der Waals surface area contributed by atoms with Crippen molar-refractivity contribution < 1.29 is 14.6 Å². The van der Waals surface area contributed by atoms with Gasteiger partial charge in [-0.25, -0.2) is 4.79 Å². The van der Waals surface area contributed by atoms with Crippen LogP contribution in [-0.4, -0.2) is 17.7 Å². The van der Waals surface area contributed by atoms with Crippen LogP contribution in [0.15, 0.2) is 24.3 Å². The van der Waals surface area contributed by atoms with Gasteiger partial charge in [-0.15, -0.1) is 0 Å². The normalized spacial score (nSPS) is 9.31. The predicted octanol–water partition coefficient (Wildman–Crippen LogP) is 1.50. The van der Waals surface area contributed by atoms with Crippen LogP contribution in [0.4, 0.5) is 4.79 Å². The Balaban J connectivity index is 2.58. The zero-order valence-electron chi connectivity index (χ0n) is 7.28. The lowest BCUT2D eigenvalue weighted by molar-refractivity contribution is 0.201. The predicted molar refractivity (Wildman–Crippen MR) is 47.8 cm³/mol. The third kappa shape index (κ3) is 3.02.